The second-order valence-electron chi connectivity index (χ2n) is 9.17. The van der Waals surface area contributed by atoms with Crippen LogP contribution in [0.1, 0.15) is 30.9 Å². The first-order valence-electron chi connectivity index (χ1n) is 12.1. The third kappa shape index (κ3) is 6.31. The lowest BCUT2D eigenvalue weighted by molar-refractivity contribution is -0.238. The van der Waals surface area contributed by atoms with Gasteiger partial charge in [0.05, 0.1) is 43.5 Å². The largest absolute Gasteiger partial charge is 0.372 e. The Labute approximate surface area is 210 Å². The van der Waals surface area contributed by atoms with Gasteiger partial charge in [-0.1, -0.05) is 18.2 Å². The van der Waals surface area contributed by atoms with E-state index in [0.29, 0.717) is 19.8 Å². The van der Waals surface area contributed by atoms with Gasteiger partial charge in [0.25, 0.3) is 0 Å². The maximum Gasteiger partial charge on any atom is 0.190 e. The number of hydrogen-bond donors (Lipinski definition) is 0. The molecule has 0 saturated carbocycles. The van der Waals surface area contributed by atoms with Crippen LogP contribution in [0.4, 0.5) is 0 Å². The van der Waals surface area contributed by atoms with Crippen molar-refractivity contribution in [3.63, 3.8) is 0 Å². The Kier molecular flexibility index (Phi) is 7.96. The van der Waals surface area contributed by atoms with Crippen molar-refractivity contribution >= 4 is 0 Å². The van der Waals surface area contributed by atoms with E-state index in [2.05, 4.69) is 15.0 Å². The Morgan fingerprint density at radius 1 is 0.806 bits per heavy atom. The molecule has 0 aromatic carbocycles. The van der Waals surface area contributed by atoms with Crippen LogP contribution in [0.15, 0.2) is 73.2 Å². The number of nitrogens with zero attached hydrogens (tertiary/aromatic N) is 3. The van der Waals surface area contributed by atoms with Crippen molar-refractivity contribution in [3.05, 3.63) is 90.3 Å². The van der Waals surface area contributed by atoms with E-state index >= 15 is 0 Å². The summed E-state index contributed by atoms with van der Waals surface area (Å²) in [5.41, 5.74) is 2.46. The topological polar surface area (TPSA) is 94.1 Å². The summed E-state index contributed by atoms with van der Waals surface area (Å²) >= 11 is 0. The fourth-order valence-electron chi connectivity index (χ4n) is 4.34. The van der Waals surface area contributed by atoms with E-state index in [1.807, 2.05) is 68.4 Å². The van der Waals surface area contributed by atoms with Gasteiger partial charge in [0.2, 0.25) is 0 Å². The highest BCUT2D eigenvalue weighted by Gasteiger charge is 2.57. The average molecular weight is 494 g/mol. The summed E-state index contributed by atoms with van der Waals surface area (Å²) in [6.45, 7) is 4.95. The fourth-order valence-corrected chi connectivity index (χ4v) is 4.34. The zero-order chi connectivity index (χ0) is 24.8. The molecule has 5 heterocycles. The van der Waals surface area contributed by atoms with Crippen LogP contribution in [0.25, 0.3) is 0 Å². The van der Waals surface area contributed by atoms with Crippen molar-refractivity contribution in [2.45, 2.75) is 70.2 Å². The number of pyridine rings is 3. The highest BCUT2D eigenvalue weighted by Crippen LogP contribution is 2.40. The Morgan fingerprint density at radius 3 is 2.03 bits per heavy atom. The molecule has 5 rings (SSSR count). The molecule has 2 aliphatic heterocycles. The molecule has 0 bridgehead atoms. The molecule has 0 aliphatic carbocycles. The van der Waals surface area contributed by atoms with Gasteiger partial charge in [-0.25, -0.2) is 0 Å². The van der Waals surface area contributed by atoms with Crippen LogP contribution in [0.3, 0.4) is 0 Å². The molecule has 190 valence electrons. The normalized spacial score (nSPS) is 25.5. The minimum absolute atomic E-state index is 0.264. The van der Waals surface area contributed by atoms with Crippen molar-refractivity contribution in [1.29, 1.82) is 0 Å². The van der Waals surface area contributed by atoms with Gasteiger partial charge in [0, 0.05) is 18.6 Å². The van der Waals surface area contributed by atoms with E-state index in [0.717, 1.165) is 17.1 Å². The molecule has 0 radical (unpaired) electrons. The van der Waals surface area contributed by atoms with E-state index in [1.165, 1.54) is 0 Å². The van der Waals surface area contributed by atoms with E-state index in [-0.39, 0.29) is 6.61 Å². The summed E-state index contributed by atoms with van der Waals surface area (Å²) in [4.78, 5) is 13.1. The van der Waals surface area contributed by atoms with Gasteiger partial charge in [-0.3, -0.25) is 15.0 Å². The lowest BCUT2D eigenvalue weighted by Crippen LogP contribution is -2.45. The third-order valence-electron chi connectivity index (χ3n) is 5.97. The predicted molar refractivity (Wildman–Crippen MR) is 128 cm³/mol. The predicted octanol–water partition coefficient (Wildman–Crippen LogP) is 3.44. The molecule has 0 N–H and O–H groups in total. The smallest absolute Gasteiger partial charge is 0.190 e. The van der Waals surface area contributed by atoms with Crippen LogP contribution >= 0.6 is 0 Å². The summed E-state index contributed by atoms with van der Waals surface area (Å²) in [5, 5.41) is 0. The molecule has 0 amide bonds. The molecule has 2 fully saturated rings. The molecule has 0 unspecified atom stereocenters. The van der Waals surface area contributed by atoms with Gasteiger partial charge in [-0.05, 0) is 50.2 Å². The van der Waals surface area contributed by atoms with Gasteiger partial charge in [0.15, 0.2) is 12.1 Å². The fraction of sp³-hybridized carbons (Fsp3) is 0.444. The van der Waals surface area contributed by atoms with E-state index in [9.17, 15) is 0 Å². The van der Waals surface area contributed by atoms with Crippen molar-refractivity contribution in [2.24, 2.45) is 0 Å². The average Bonchev–Trinajstić information content (AvgIpc) is 3.38. The molecule has 36 heavy (non-hydrogen) atoms. The number of fused-ring (bicyclic) bond motifs is 1. The molecule has 3 aromatic heterocycles. The van der Waals surface area contributed by atoms with Crippen LogP contribution in [0.5, 0.6) is 0 Å². The van der Waals surface area contributed by atoms with Gasteiger partial charge >= 0.3 is 0 Å². The molecular formula is C27H31N3O6. The Morgan fingerprint density at radius 2 is 1.42 bits per heavy atom. The van der Waals surface area contributed by atoms with E-state index in [1.54, 1.807) is 18.6 Å². The van der Waals surface area contributed by atoms with Gasteiger partial charge in [0.1, 0.15) is 24.4 Å². The SMILES string of the molecule is CC1(C)O[C@H]2O[C@H]([C@@H](COCc3ccccn3)OCc3ccccn3)[C@H](OCc3ccccn3)[C@H]2O1. The summed E-state index contributed by atoms with van der Waals surface area (Å²) in [6.07, 6.45) is 2.83. The molecule has 5 atom stereocenters. The van der Waals surface area contributed by atoms with Crippen LogP contribution in [0, 0.1) is 0 Å². The van der Waals surface area contributed by atoms with E-state index < -0.39 is 36.5 Å². The standard InChI is InChI=1S/C27H31N3O6/c1-27(2)35-25-24(33-17-21-11-5-8-14-30-21)23(34-26(25)36-27)22(32-16-20-10-4-7-13-29-20)18-31-15-19-9-3-6-12-28-19/h3-14,22-26H,15-18H2,1-2H3/t22-,23-,24+,25-,26-/m1/s1. The van der Waals surface area contributed by atoms with Crippen molar-refractivity contribution in [3.8, 4) is 0 Å². The van der Waals surface area contributed by atoms with Crippen LogP contribution in [0.2, 0.25) is 0 Å². The van der Waals surface area contributed by atoms with Crippen LogP contribution in [-0.2, 0) is 48.2 Å². The lowest BCUT2D eigenvalue weighted by Gasteiger charge is -2.31. The van der Waals surface area contributed by atoms with Crippen LogP contribution < -0.4 is 0 Å². The molecular weight excluding hydrogens is 462 g/mol. The number of ether oxygens (including phenoxy) is 6. The maximum atomic E-state index is 6.35. The van der Waals surface area contributed by atoms with Gasteiger partial charge in [-0.2, -0.15) is 0 Å². The highest BCUT2D eigenvalue weighted by atomic mass is 16.8. The molecule has 3 aromatic rings. The van der Waals surface area contributed by atoms with Crippen molar-refractivity contribution in [1.82, 2.24) is 15.0 Å². The summed E-state index contributed by atoms with van der Waals surface area (Å²) in [7, 11) is 0. The first kappa shape index (κ1) is 24.9. The molecule has 9 heteroatoms. The minimum atomic E-state index is -0.771. The zero-order valence-electron chi connectivity index (χ0n) is 20.4. The monoisotopic (exact) mass is 493 g/mol. The van der Waals surface area contributed by atoms with Crippen LogP contribution in [-0.4, -0.2) is 58.1 Å². The molecule has 0 spiro atoms. The van der Waals surface area contributed by atoms with Crippen molar-refractivity contribution in [2.75, 3.05) is 6.61 Å². The molecule has 2 aliphatic rings. The second kappa shape index (κ2) is 11.5. The zero-order valence-corrected chi connectivity index (χ0v) is 20.4. The van der Waals surface area contributed by atoms with Gasteiger partial charge in [-0.15, -0.1) is 0 Å². The Bertz CT molecular complexity index is 1070. The first-order valence-corrected chi connectivity index (χ1v) is 12.1. The second-order valence-corrected chi connectivity index (χ2v) is 9.17. The Balaban J connectivity index is 1.32. The van der Waals surface area contributed by atoms with Gasteiger partial charge < -0.3 is 28.4 Å². The van der Waals surface area contributed by atoms with E-state index in [4.69, 9.17) is 28.4 Å². The number of rotatable bonds is 11. The number of aromatic nitrogens is 3. The lowest BCUT2D eigenvalue weighted by atomic mass is 10.1. The third-order valence-corrected chi connectivity index (χ3v) is 5.97. The summed E-state index contributed by atoms with van der Waals surface area (Å²) in [5.74, 6) is -0.771. The summed E-state index contributed by atoms with van der Waals surface area (Å²) < 4.78 is 37.2. The Hall–Kier alpha value is -2.79. The minimum Gasteiger partial charge on any atom is -0.372 e. The van der Waals surface area contributed by atoms with Crippen molar-refractivity contribution < 1.29 is 28.4 Å². The number of hydrogen-bond acceptors (Lipinski definition) is 9. The summed E-state index contributed by atoms with van der Waals surface area (Å²) in [6, 6.07) is 17.2. The first-order chi connectivity index (χ1) is 17.6. The molecule has 9 nitrogen and oxygen atoms in total. The quantitative estimate of drug-likeness (QED) is 0.398. The maximum absolute atomic E-state index is 6.35. The molecule has 2 saturated heterocycles. The highest BCUT2D eigenvalue weighted by molar-refractivity contribution is 5.05.